The summed E-state index contributed by atoms with van der Waals surface area (Å²) in [5.74, 6) is 0. The van der Waals surface area contributed by atoms with Gasteiger partial charge in [0.1, 0.15) is 0 Å². The number of benzene rings is 2. The molecule has 3 nitrogen and oxygen atoms in total. The SMILES string of the molecule is Cl.NCCNCc1cc(-c2ccccc2)nc2cc(Cl)ccc12. The molecule has 0 spiro atoms. The van der Waals surface area contributed by atoms with Crippen LogP contribution in [0.1, 0.15) is 5.56 Å². The Labute approximate surface area is 147 Å². The van der Waals surface area contributed by atoms with Gasteiger partial charge in [-0.2, -0.15) is 0 Å². The molecule has 0 amide bonds. The average molecular weight is 348 g/mol. The minimum Gasteiger partial charge on any atom is -0.329 e. The van der Waals surface area contributed by atoms with Crippen LogP contribution in [0, 0.1) is 0 Å². The highest BCUT2D eigenvalue weighted by Gasteiger charge is 2.08. The molecule has 1 heterocycles. The van der Waals surface area contributed by atoms with E-state index in [2.05, 4.69) is 23.5 Å². The number of nitrogens with two attached hydrogens (primary N) is 1. The van der Waals surface area contributed by atoms with E-state index >= 15 is 0 Å². The molecule has 0 bridgehead atoms. The largest absolute Gasteiger partial charge is 0.329 e. The van der Waals surface area contributed by atoms with Gasteiger partial charge in [0.15, 0.2) is 0 Å². The van der Waals surface area contributed by atoms with Crippen LogP contribution in [0.25, 0.3) is 22.2 Å². The van der Waals surface area contributed by atoms with E-state index in [1.165, 1.54) is 5.56 Å². The number of hydrogen-bond acceptors (Lipinski definition) is 3. The van der Waals surface area contributed by atoms with Gasteiger partial charge in [0.2, 0.25) is 0 Å². The Morgan fingerprint density at radius 2 is 1.83 bits per heavy atom. The van der Waals surface area contributed by atoms with Crippen LogP contribution in [0.2, 0.25) is 5.02 Å². The third kappa shape index (κ3) is 4.21. The molecule has 0 aliphatic rings. The molecule has 0 fully saturated rings. The summed E-state index contributed by atoms with van der Waals surface area (Å²) in [6.45, 7) is 2.18. The Kier molecular flexibility index (Phi) is 6.37. The number of nitrogens with one attached hydrogen (secondary N) is 1. The number of halogens is 2. The van der Waals surface area contributed by atoms with Crippen LogP contribution >= 0.6 is 24.0 Å². The van der Waals surface area contributed by atoms with E-state index in [0.717, 1.165) is 35.2 Å². The van der Waals surface area contributed by atoms with Gasteiger partial charge in [0.25, 0.3) is 0 Å². The normalized spacial score (nSPS) is 10.5. The second kappa shape index (κ2) is 8.27. The number of fused-ring (bicyclic) bond motifs is 1. The highest BCUT2D eigenvalue weighted by molar-refractivity contribution is 6.31. The highest BCUT2D eigenvalue weighted by atomic mass is 35.5. The van der Waals surface area contributed by atoms with E-state index in [0.29, 0.717) is 11.6 Å². The molecule has 2 aromatic carbocycles. The van der Waals surface area contributed by atoms with Crippen LogP contribution in [-0.4, -0.2) is 18.1 Å². The first-order valence-corrected chi connectivity index (χ1v) is 7.71. The van der Waals surface area contributed by atoms with Crippen LogP contribution in [0.3, 0.4) is 0 Å². The Hall–Kier alpha value is -1.65. The van der Waals surface area contributed by atoms with Crippen molar-refractivity contribution in [3.63, 3.8) is 0 Å². The van der Waals surface area contributed by atoms with Crippen molar-refractivity contribution in [3.05, 3.63) is 65.2 Å². The zero-order valence-electron chi connectivity index (χ0n) is 12.6. The predicted molar refractivity (Wildman–Crippen MR) is 100 cm³/mol. The molecular weight excluding hydrogens is 329 g/mol. The van der Waals surface area contributed by atoms with E-state index in [1.54, 1.807) is 0 Å². The van der Waals surface area contributed by atoms with Gasteiger partial charge >= 0.3 is 0 Å². The molecule has 0 atom stereocenters. The monoisotopic (exact) mass is 347 g/mol. The average Bonchev–Trinajstić information content (AvgIpc) is 2.55. The zero-order chi connectivity index (χ0) is 15.4. The lowest BCUT2D eigenvalue weighted by Gasteiger charge is -2.11. The van der Waals surface area contributed by atoms with Crippen molar-refractivity contribution in [3.8, 4) is 11.3 Å². The summed E-state index contributed by atoms with van der Waals surface area (Å²) in [4.78, 5) is 4.76. The molecule has 120 valence electrons. The molecular formula is C18H19Cl2N3. The molecule has 3 aromatic rings. The summed E-state index contributed by atoms with van der Waals surface area (Å²) in [6, 6.07) is 18.2. The molecule has 0 aliphatic carbocycles. The molecule has 5 heteroatoms. The third-order valence-electron chi connectivity index (χ3n) is 3.56. The molecule has 0 radical (unpaired) electrons. The molecule has 0 aliphatic heterocycles. The Balaban J connectivity index is 0.00000192. The lowest BCUT2D eigenvalue weighted by molar-refractivity contribution is 0.697. The minimum absolute atomic E-state index is 0. The van der Waals surface area contributed by atoms with Crippen molar-refractivity contribution in [1.82, 2.24) is 10.3 Å². The first-order chi connectivity index (χ1) is 10.8. The van der Waals surface area contributed by atoms with Gasteiger partial charge in [0, 0.05) is 35.6 Å². The number of hydrogen-bond donors (Lipinski definition) is 2. The standard InChI is InChI=1S/C18H18ClN3.ClH/c19-15-6-7-16-14(12-21-9-8-20)10-17(22-18(16)11-15)13-4-2-1-3-5-13;/h1-7,10-11,21H,8-9,12,20H2;1H. The van der Waals surface area contributed by atoms with Crippen LogP contribution in [-0.2, 0) is 6.54 Å². The topological polar surface area (TPSA) is 50.9 Å². The van der Waals surface area contributed by atoms with Crippen molar-refractivity contribution >= 4 is 34.9 Å². The molecule has 0 unspecified atom stereocenters. The second-order valence-corrected chi connectivity index (χ2v) is 5.60. The number of pyridine rings is 1. The Morgan fingerprint density at radius 3 is 2.57 bits per heavy atom. The lowest BCUT2D eigenvalue weighted by Crippen LogP contribution is -2.22. The number of nitrogens with zero attached hydrogens (tertiary/aromatic N) is 1. The fraction of sp³-hybridized carbons (Fsp3) is 0.167. The van der Waals surface area contributed by atoms with Crippen molar-refractivity contribution in [2.75, 3.05) is 13.1 Å². The number of aromatic nitrogens is 1. The van der Waals surface area contributed by atoms with E-state index in [1.807, 2.05) is 36.4 Å². The first-order valence-electron chi connectivity index (χ1n) is 7.33. The third-order valence-corrected chi connectivity index (χ3v) is 3.80. The summed E-state index contributed by atoms with van der Waals surface area (Å²) in [6.07, 6.45) is 0. The molecule has 3 N–H and O–H groups in total. The maximum absolute atomic E-state index is 6.12. The highest BCUT2D eigenvalue weighted by Crippen LogP contribution is 2.26. The van der Waals surface area contributed by atoms with Gasteiger partial charge in [-0.05, 0) is 23.8 Å². The molecule has 23 heavy (non-hydrogen) atoms. The smallest absolute Gasteiger partial charge is 0.0727 e. The summed E-state index contributed by atoms with van der Waals surface area (Å²) in [7, 11) is 0. The van der Waals surface area contributed by atoms with Gasteiger partial charge in [-0.1, -0.05) is 48.0 Å². The van der Waals surface area contributed by atoms with Gasteiger partial charge in [0.05, 0.1) is 11.2 Å². The summed E-state index contributed by atoms with van der Waals surface area (Å²) < 4.78 is 0. The van der Waals surface area contributed by atoms with E-state index in [-0.39, 0.29) is 12.4 Å². The van der Waals surface area contributed by atoms with Crippen LogP contribution in [0.5, 0.6) is 0 Å². The van der Waals surface area contributed by atoms with Gasteiger partial charge in [-0.25, -0.2) is 4.98 Å². The maximum Gasteiger partial charge on any atom is 0.0727 e. The lowest BCUT2D eigenvalue weighted by atomic mass is 10.0. The Morgan fingerprint density at radius 1 is 1.04 bits per heavy atom. The summed E-state index contributed by atoms with van der Waals surface area (Å²) >= 11 is 6.12. The van der Waals surface area contributed by atoms with E-state index in [9.17, 15) is 0 Å². The maximum atomic E-state index is 6.12. The molecule has 0 saturated heterocycles. The van der Waals surface area contributed by atoms with Crippen molar-refractivity contribution < 1.29 is 0 Å². The minimum atomic E-state index is 0. The quantitative estimate of drug-likeness (QED) is 0.685. The van der Waals surface area contributed by atoms with Gasteiger partial charge in [-0.15, -0.1) is 12.4 Å². The van der Waals surface area contributed by atoms with Crippen molar-refractivity contribution in [2.45, 2.75) is 6.54 Å². The zero-order valence-corrected chi connectivity index (χ0v) is 14.2. The molecule has 3 rings (SSSR count). The van der Waals surface area contributed by atoms with Crippen LogP contribution in [0.4, 0.5) is 0 Å². The fourth-order valence-electron chi connectivity index (χ4n) is 2.50. The van der Waals surface area contributed by atoms with Crippen molar-refractivity contribution in [2.24, 2.45) is 5.73 Å². The first kappa shape index (κ1) is 17.7. The van der Waals surface area contributed by atoms with E-state index in [4.69, 9.17) is 22.3 Å². The van der Waals surface area contributed by atoms with Crippen LogP contribution in [0.15, 0.2) is 54.6 Å². The van der Waals surface area contributed by atoms with E-state index < -0.39 is 0 Å². The summed E-state index contributed by atoms with van der Waals surface area (Å²) in [5, 5.41) is 5.17. The summed E-state index contributed by atoms with van der Waals surface area (Å²) in [5.41, 5.74) is 9.73. The molecule has 0 saturated carbocycles. The predicted octanol–water partition coefficient (Wildman–Crippen LogP) is 4.03. The molecule has 1 aromatic heterocycles. The fourth-order valence-corrected chi connectivity index (χ4v) is 2.67. The van der Waals surface area contributed by atoms with Crippen LogP contribution < -0.4 is 11.1 Å². The van der Waals surface area contributed by atoms with Crippen molar-refractivity contribution in [1.29, 1.82) is 0 Å². The van der Waals surface area contributed by atoms with Gasteiger partial charge in [-0.3, -0.25) is 0 Å². The second-order valence-electron chi connectivity index (χ2n) is 5.16. The van der Waals surface area contributed by atoms with Gasteiger partial charge < -0.3 is 11.1 Å². The Bertz CT molecular complexity index is 776. The number of rotatable bonds is 5.